The number of phenols is 1. The van der Waals surface area contributed by atoms with Gasteiger partial charge < -0.3 is 9.84 Å². The summed E-state index contributed by atoms with van der Waals surface area (Å²) in [5.74, 6) is 3.98. The molecule has 2 heteroatoms. The molecule has 1 heterocycles. The molecule has 0 unspecified atom stereocenters. The van der Waals surface area contributed by atoms with Gasteiger partial charge in [0.1, 0.15) is 17.1 Å². The van der Waals surface area contributed by atoms with Crippen molar-refractivity contribution in [3.05, 3.63) is 22.8 Å². The summed E-state index contributed by atoms with van der Waals surface area (Å²) in [5.41, 5.74) is 3.16. The first-order valence-electron chi connectivity index (χ1n) is 12.6. The lowest BCUT2D eigenvalue weighted by Crippen LogP contribution is -2.36. The molecule has 172 valence electrons. The minimum Gasteiger partial charge on any atom is -0.508 e. The van der Waals surface area contributed by atoms with Crippen molar-refractivity contribution < 1.29 is 9.84 Å². The van der Waals surface area contributed by atoms with Crippen LogP contribution in [0.25, 0.3) is 0 Å². The van der Waals surface area contributed by atoms with Crippen LogP contribution in [0.3, 0.4) is 0 Å². The van der Waals surface area contributed by atoms with Crippen LogP contribution < -0.4 is 4.74 Å². The van der Waals surface area contributed by atoms with Gasteiger partial charge in [-0.1, -0.05) is 72.6 Å². The fraction of sp³-hybridized carbons (Fsp3) is 0.786. The highest BCUT2D eigenvalue weighted by Crippen LogP contribution is 2.42. The summed E-state index contributed by atoms with van der Waals surface area (Å²) in [7, 11) is 0. The second-order valence-electron chi connectivity index (χ2n) is 11.0. The van der Waals surface area contributed by atoms with Gasteiger partial charge in [-0.05, 0) is 87.0 Å². The second kappa shape index (κ2) is 11.4. The topological polar surface area (TPSA) is 29.5 Å². The van der Waals surface area contributed by atoms with Crippen molar-refractivity contribution in [2.75, 3.05) is 0 Å². The van der Waals surface area contributed by atoms with E-state index in [0.717, 1.165) is 53.9 Å². The molecule has 1 aliphatic rings. The number of aromatic hydroxyl groups is 1. The monoisotopic (exact) mass is 416 g/mol. The van der Waals surface area contributed by atoms with Gasteiger partial charge in [0.05, 0.1) is 0 Å². The summed E-state index contributed by atoms with van der Waals surface area (Å²) in [6.07, 6.45) is 14.1. The van der Waals surface area contributed by atoms with Crippen LogP contribution in [-0.4, -0.2) is 10.7 Å². The highest BCUT2D eigenvalue weighted by atomic mass is 16.5. The third-order valence-corrected chi connectivity index (χ3v) is 7.44. The molecular weight excluding hydrogens is 368 g/mol. The lowest BCUT2D eigenvalue weighted by atomic mass is 9.85. The SMILES string of the molecule is Cc1c(O)cc2c(c1C)O[C@@](C)(CCC[C@@H](C)CCC[C@H](C)CCCC(C)C)CC2. The zero-order valence-electron chi connectivity index (χ0n) is 20.9. The number of aryl methyl sites for hydroxylation is 1. The molecular formula is C28H48O2. The van der Waals surface area contributed by atoms with Gasteiger partial charge in [0.2, 0.25) is 0 Å². The van der Waals surface area contributed by atoms with Crippen molar-refractivity contribution in [1.29, 1.82) is 0 Å². The molecule has 1 aromatic rings. The third-order valence-electron chi connectivity index (χ3n) is 7.44. The Kier molecular flexibility index (Phi) is 9.57. The molecule has 30 heavy (non-hydrogen) atoms. The number of hydrogen-bond donors (Lipinski definition) is 1. The Morgan fingerprint density at radius 3 is 2.07 bits per heavy atom. The molecule has 0 radical (unpaired) electrons. The van der Waals surface area contributed by atoms with Gasteiger partial charge >= 0.3 is 0 Å². The van der Waals surface area contributed by atoms with E-state index in [1.54, 1.807) is 0 Å². The predicted molar refractivity (Wildman–Crippen MR) is 130 cm³/mol. The molecule has 0 spiro atoms. The zero-order valence-corrected chi connectivity index (χ0v) is 20.9. The zero-order chi connectivity index (χ0) is 22.3. The highest BCUT2D eigenvalue weighted by Gasteiger charge is 2.33. The van der Waals surface area contributed by atoms with Crippen molar-refractivity contribution in [1.82, 2.24) is 0 Å². The molecule has 0 fully saturated rings. The Hall–Kier alpha value is -1.18. The minimum absolute atomic E-state index is 0.0637. The maximum atomic E-state index is 10.1. The normalized spacial score (nSPS) is 20.7. The molecule has 0 aromatic heterocycles. The van der Waals surface area contributed by atoms with E-state index in [4.69, 9.17) is 4.74 Å². The maximum absolute atomic E-state index is 10.1. The number of hydrogen-bond acceptors (Lipinski definition) is 2. The Bertz CT molecular complexity index is 663. The third kappa shape index (κ3) is 7.50. The number of phenolic OH excluding ortho intramolecular Hbond substituents is 1. The second-order valence-corrected chi connectivity index (χ2v) is 11.0. The van der Waals surface area contributed by atoms with Crippen LogP contribution in [0.1, 0.15) is 116 Å². The van der Waals surface area contributed by atoms with E-state index in [1.807, 2.05) is 13.0 Å². The number of rotatable bonds is 12. The van der Waals surface area contributed by atoms with Gasteiger partial charge in [-0.2, -0.15) is 0 Å². The molecule has 2 nitrogen and oxygen atoms in total. The van der Waals surface area contributed by atoms with E-state index in [2.05, 4.69) is 41.5 Å². The fourth-order valence-electron chi connectivity index (χ4n) is 4.94. The summed E-state index contributed by atoms with van der Waals surface area (Å²) in [4.78, 5) is 0. The van der Waals surface area contributed by atoms with Crippen LogP contribution in [0.5, 0.6) is 11.5 Å². The highest BCUT2D eigenvalue weighted by molar-refractivity contribution is 5.53. The van der Waals surface area contributed by atoms with Crippen LogP contribution in [0.15, 0.2) is 6.07 Å². The molecule has 1 aromatic carbocycles. The molecule has 0 bridgehead atoms. The van der Waals surface area contributed by atoms with Gasteiger partial charge in [0.15, 0.2) is 0 Å². The lowest BCUT2D eigenvalue weighted by molar-refractivity contribution is 0.0514. The first-order chi connectivity index (χ1) is 14.1. The summed E-state index contributed by atoms with van der Waals surface area (Å²) in [6, 6.07) is 1.91. The molecule has 0 amide bonds. The van der Waals surface area contributed by atoms with Crippen LogP contribution in [0.2, 0.25) is 0 Å². The van der Waals surface area contributed by atoms with Crippen molar-refractivity contribution in [2.24, 2.45) is 17.8 Å². The van der Waals surface area contributed by atoms with E-state index in [9.17, 15) is 5.11 Å². The molecule has 1 N–H and O–H groups in total. The summed E-state index contributed by atoms with van der Waals surface area (Å²) in [6.45, 7) is 15.9. The van der Waals surface area contributed by atoms with Crippen molar-refractivity contribution in [2.45, 2.75) is 125 Å². The van der Waals surface area contributed by atoms with Crippen LogP contribution in [0, 0.1) is 31.6 Å². The smallest absolute Gasteiger partial charge is 0.126 e. The Labute approximate surface area is 186 Å². The summed E-state index contributed by atoms with van der Waals surface area (Å²) >= 11 is 0. The first kappa shape index (κ1) is 25.1. The van der Waals surface area contributed by atoms with Crippen LogP contribution in [0.4, 0.5) is 0 Å². The molecule has 0 saturated carbocycles. The Morgan fingerprint density at radius 1 is 0.900 bits per heavy atom. The summed E-state index contributed by atoms with van der Waals surface area (Å²) in [5, 5.41) is 10.1. The molecule has 1 aliphatic heterocycles. The quantitative estimate of drug-likeness (QED) is 0.370. The number of benzene rings is 1. The van der Waals surface area contributed by atoms with E-state index < -0.39 is 0 Å². The predicted octanol–water partition coefficient (Wildman–Crippen LogP) is 8.53. The molecule has 0 saturated heterocycles. The average Bonchev–Trinajstić information content (AvgIpc) is 2.67. The molecule has 0 aliphatic carbocycles. The van der Waals surface area contributed by atoms with E-state index in [1.165, 1.54) is 56.9 Å². The number of ether oxygens (including phenoxy) is 1. The van der Waals surface area contributed by atoms with E-state index in [-0.39, 0.29) is 5.60 Å². The van der Waals surface area contributed by atoms with Crippen LogP contribution in [-0.2, 0) is 6.42 Å². The standard InChI is InChI=1S/C28H48O2/c1-20(2)11-8-12-21(3)13-9-14-22(4)15-10-17-28(7)18-16-25-19-26(29)23(5)24(6)27(25)30-28/h19-22,29H,8-18H2,1-7H3/t21-,22+,28+/m1/s1. The summed E-state index contributed by atoms with van der Waals surface area (Å²) < 4.78 is 6.52. The largest absolute Gasteiger partial charge is 0.508 e. The van der Waals surface area contributed by atoms with Gasteiger partial charge in [0, 0.05) is 0 Å². The van der Waals surface area contributed by atoms with E-state index >= 15 is 0 Å². The molecule has 3 atom stereocenters. The molecule has 2 rings (SSSR count). The fourth-order valence-corrected chi connectivity index (χ4v) is 4.94. The van der Waals surface area contributed by atoms with Crippen LogP contribution >= 0.6 is 0 Å². The van der Waals surface area contributed by atoms with Crippen molar-refractivity contribution >= 4 is 0 Å². The van der Waals surface area contributed by atoms with Gasteiger partial charge in [-0.3, -0.25) is 0 Å². The maximum Gasteiger partial charge on any atom is 0.126 e. The lowest BCUT2D eigenvalue weighted by Gasteiger charge is -2.37. The van der Waals surface area contributed by atoms with Crippen molar-refractivity contribution in [3.8, 4) is 11.5 Å². The van der Waals surface area contributed by atoms with Gasteiger partial charge in [0.25, 0.3) is 0 Å². The minimum atomic E-state index is -0.0637. The average molecular weight is 417 g/mol. The van der Waals surface area contributed by atoms with Gasteiger partial charge in [-0.15, -0.1) is 0 Å². The van der Waals surface area contributed by atoms with Crippen molar-refractivity contribution in [3.63, 3.8) is 0 Å². The van der Waals surface area contributed by atoms with E-state index in [0.29, 0.717) is 5.75 Å². The van der Waals surface area contributed by atoms with Gasteiger partial charge in [-0.25, -0.2) is 0 Å². The Balaban J connectivity index is 1.69. The number of fused-ring (bicyclic) bond motifs is 1. The Morgan fingerprint density at radius 2 is 1.47 bits per heavy atom. The first-order valence-corrected chi connectivity index (χ1v) is 12.6.